The van der Waals surface area contributed by atoms with Gasteiger partial charge >= 0.3 is 0 Å². The van der Waals surface area contributed by atoms with Gasteiger partial charge in [0.15, 0.2) is 0 Å². The monoisotopic (exact) mass is 549 g/mol. The Kier molecular flexibility index (Phi) is 6.78. The Balaban J connectivity index is 1.28. The number of benzene rings is 2. The number of rotatable bonds is 5. The summed E-state index contributed by atoms with van der Waals surface area (Å²) >= 11 is 0. The normalized spacial score (nSPS) is 17.9. The molecule has 40 heavy (non-hydrogen) atoms. The van der Waals surface area contributed by atoms with Crippen LogP contribution in [0.25, 0.3) is 22.0 Å². The highest BCUT2D eigenvalue weighted by Crippen LogP contribution is 2.34. The molecular weight excluding hydrogens is 520 g/mol. The summed E-state index contributed by atoms with van der Waals surface area (Å²) in [5.41, 5.74) is 1.11. The number of aromatic nitrogens is 4. The molecule has 2 saturated heterocycles. The first-order valence-corrected chi connectivity index (χ1v) is 13.4. The first-order valence-electron chi connectivity index (χ1n) is 13.4. The number of aliphatic hydroxyl groups excluding tert-OH is 1. The molecule has 0 aliphatic carbocycles. The lowest BCUT2D eigenvalue weighted by Crippen LogP contribution is -2.47. The number of hydrogen-bond donors (Lipinski definition) is 1. The smallest absolute Gasteiger partial charge is 0.266 e. The van der Waals surface area contributed by atoms with Crippen molar-refractivity contribution in [1.29, 1.82) is 0 Å². The zero-order chi connectivity index (χ0) is 28.0. The van der Waals surface area contributed by atoms with E-state index in [2.05, 4.69) is 25.0 Å². The van der Waals surface area contributed by atoms with Crippen LogP contribution in [0, 0.1) is 11.6 Å². The molecule has 2 aliphatic rings. The molecule has 0 bridgehead atoms. The van der Waals surface area contributed by atoms with Crippen LogP contribution >= 0.6 is 0 Å². The number of carbonyl (C=O) groups excluding carboxylic acids is 1. The number of piperazine rings is 1. The van der Waals surface area contributed by atoms with Crippen molar-refractivity contribution in [3.05, 3.63) is 59.7 Å². The molecule has 12 heteroatoms. The third-order valence-corrected chi connectivity index (χ3v) is 7.46. The minimum Gasteiger partial charge on any atom is -0.374 e. The lowest BCUT2D eigenvalue weighted by molar-refractivity contribution is 0.0289. The van der Waals surface area contributed by atoms with E-state index in [4.69, 9.17) is 4.52 Å². The molecule has 0 radical (unpaired) electrons. The van der Waals surface area contributed by atoms with E-state index in [1.807, 2.05) is 18.7 Å². The van der Waals surface area contributed by atoms with Gasteiger partial charge < -0.3 is 24.3 Å². The highest BCUT2D eigenvalue weighted by atomic mass is 19.1. The van der Waals surface area contributed by atoms with Gasteiger partial charge in [-0.2, -0.15) is 4.98 Å². The topological polar surface area (TPSA) is 112 Å². The molecule has 1 atom stereocenters. The van der Waals surface area contributed by atoms with Crippen LogP contribution in [0.1, 0.15) is 48.9 Å². The first kappa shape index (κ1) is 26.1. The number of carbonyl (C=O) groups is 1. The third-order valence-electron chi connectivity index (χ3n) is 7.46. The molecule has 0 spiro atoms. The van der Waals surface area contributed by atoms with E-state index >= 15 is 4.39 Å². The minimum absolute atomic E-state index is 0.138. The molecule has 2 aromatic carbocycles. The lowest BCUT2D eigenvalue weighted by atomic mass is 9.99. The largest absolute Gasteiger partial charge is 0.374 e. The summed E-state index contributed by atoms with van der Waals surface area (Å²) in [4.78, 5) is 31.5. The minimum atomic E-state index is -0.916. The van der Waals surface area contributed by atoms with Gasteiger partial charge in [0.05, 0.1) is 11.1 Å². The van der Waals surface area contributed by atoms with Crippen molar-refractivity contribution in [3.8, 4) is 11.1 Å². The van der Waals surface area contributed by atoms with E-state index in [-0.39, 0.29) is 11.5 Å². The molecule has 208 valence electrons. The van der Waals surface area contributed by atoms with Crippen LogP contribution in [0.15, 0.2) is 41.2 Å². The van der Waals surface area contributed by atoms with E-state index in [1.54, 1.807) is 6.07 Å². The van der Waals surface area contributed by atoms with Gasteiger partial charge in [-0.25, -0.2) is 18.7 Å². The summed E-state index contributed by atoms with van der Waals surface area (Å²) in [6, 6.07) is 6.85. The number of anilines is 2. The second-order valence-electron chi connectivity index (χ2n) is 10.4. The number of hydrogen-bond acceptors (Lipinski definition) is 9. The van der Waals surface area contributed by atoms with Crippen LogP contribution in [0.2, 0.25) is 0 Å². The zero-order valence-electron chi connectivity index (χ0n) is 22.2. The number of halogens is 2. The third kappa shape index (κ3) is 4.72. The van der Waals surface area contributed by atoms with Gasteiger partial charge in [0, 0.05) is 49.6 Å². The molecular formula is C28H29F2N7O3. The van der Waals surface area contributed by atoms with E-state index < -0.39 is 23.8 Å². The van der Waals surface area contributed by atoms with Crippen LogP contribution in [0.5, 0.6) is 0 Å². The second kappa shape index (κ2) is 10.4. The van der Waals surface area contributed by atoms with E-state index in [1.165, 1.54) is 35.5 Å². The van der Waals surface area contributed by atoms with Crippen LogP contribution in [-0.4, -0.2) is 75.0 Å². The molecule has 4 heterocycles. The van der Waals surface area contributed by atoms with Crippen molar-refractivity contribution in [2.45, 2.75) is 38.8 Å². The van der Waals surface area contributed by atoms with Gasteiger partial charge in [0.2, 0.25) is 5.89 Å². The summed E-state index contributed by atoms with van der Waals surface area (Å²) < 4.78 is 35.5. The van der Waals surface area contributed by atoms with Crippen molar-refractivity contribution < 1.29 is 23.2 Å². The fourth-order valence-electron chi connectivity index (χ4n) is 5.30. The number of fused-ring (bicyclic) bond motifs is 1. The molecule has 2 aromatic heterocycles. The zero-order valence-corrected chi connectivity index (χ0v) is 22.2. The van der Waals surface area contributed by atoms with Crippen molar-refractivity contribution in [2.24, 2.45) is 0 Å². The van der Waals surface area contributed by atoms with E-state index in [0.29, 0.717) is 85.3 Å². The summed E-state index contributed by atoms with van der Waals surface area (Å²) in [6.07, 6.45) is 1.63. The maximum atomic E-state index is 15.2. The van der Waals surface area contributed by atoms with Gasteiger partial charge in [-0.1, -0.05) is 19.9 Å². The average molecular weight is 550 g/mol. The average Bonchev–Trinajstić information content (AvgIpc) is 3.62. The van der Waals surface area contributed by atoms with Crippen LogP contribution in [-0.2, 0) is 0 Å². The molecule has 6 rings (SSSR count). The quantitative estimate of drug-likeness (QED) is 0.395. The number of amides is 1. The maximum absolute atomic E-state index is 15.2. The van der Waals surface area contributed by atoms with Crippen molar-refractivity contribution in [2.75, 3.05) is 42.5 Å². The molecule has 1 amide bonds. The SMILES string of the molecule is CC(C)c1nc(N2CCN(c3ncnc4c(-c5ccc(C(=O)N6CCCC6O)c(F)c5)cc(F)cc34)CC2)no1. The fraction of sp³-hybridized carbons (Fsp3) is 0.393. The molecule has 0 saturated carbocycles. The van der Waals surface area contributed by atoms with Gasteiger partial charge in [-0.15, -0.1) is 0 Å². The van der Waals surface area contributed by atoms with Crippen molar-refractivity contribution >= 4 is 28.6 Å². The molecule has 2 aliphatic heterocycles. The maximum Gasteiger partial charge on any atom is 0.266 e. The predicted octanol–water partition coefficient (Wildman–Crippen LogP) is 3.96. The van der Waals surface area contributed by atoms with Crippen molar-refractivity contribution in [1.82, 2.24) is 25.0 Å². The van der Waals surface area contributed by atoms with Gasteiger partial charge in [0.25, 0.3) is 11.9 Å². The van der Waals surface area contributed by atoms with Crippen LogP contribution in [0.3, 0.4) is 0 Å². The second-order valence-corrected chi connectivity index (χ2v) is 10.4. The lowest BCUT2D eigenvalue weighted by Gasteiger charge is -2.35. The Morgan fingerprint density at radius 2 is 1.82 bits per heavy atom. The predicted molar refractivity (Wildman–Crippen MR) is 144 cm³/mol. The van der Waals surface area contributed by atoms with Gasteiger partial charge in [-0.05, 0) is 47.8 Å². The molecule has 2 fully saturated rings. The summed E-state index contributed by atoms with van der Waals surface area (Å²) in [5, 5.41) is 14.6. The Hall–Kier alpha value is -4.19. The van der Waals surface area contributed by atoms with Gasteiger partial charge in [0.1, 0.15) is 30.0 Å². The summed E-state index contributed by atoms with van der Waals surface area (Å²) in [6.45, 7) is 6.79. The molecule has 4 aromatic rings. The Morgan fingerprint density at radius 3 is 2.50 bits per heavy atom. The van der Waals surface area contributed by atoms with Crippen LogP contribution in [0.4, 0.5) is 20.5 Å². The Bertz CT molecular complexity index is 1570. The number of likely N-dealkylation sites (tertiary alicyclic amines) is 1. The summed E-state index contributed by atoms with van der Waals surface area (Å²) in [7, 11) is 0. The number of nitrogens with zero attached hydrogens (tertiary/aromatic N) is 7. The Morgan fingerprint density at radius 1 is 1.05 bits per heavy atom. The summed E-state index contributed by atoms with van der Waals surface area (Å²) in [5.74, 6) is 0.0385. The molecule has 10 nitrogen and oxygen atoms in total. The van der Waals surface area contributed by atoms with E-state index in [9.17, 15) is 14.3 Å². The fourth-order valence-corrected chi connectivity index (χ4v) is 5.30. The van der Waals surface area contributed by atoms with Crippen LogP contribution < -0.4 is 9.80 Å². The molecule has 1 unspecified atom stereocenters. The first-order chi connectivity index (χ1) is 19.3. The molecule has 1 N–H and O–H groups in total. The van der Waals surface area contributed by atoms with E-state index in [0.717, 1.165) is 0 Å². The highest BCUT2D eigenvalue weighted by molar-refractivity contribution is 6.00. The Labute approximate surface area is 229 Å². The standard InChI is InChI=1S/C28H29F2N7O3/c1-16(2)26-33-28(34-40-26)36-10-8-35(9-11-36)25-21-14-18(29)13-20(24(21)31-15-32-25)17-5-6-19(22(30)12-17)27(39)37-7-3-4-23(37)38/h5-6,12-16,23,38H,3-4,7-11H2,1-2H3. The van der Waals surface area contributed by atoms with Gasteiger partial charge in [-0.3, -0.25) is 4.79 Å². The van der Waals surface area contributed by atoms with Crippen molar-refractivity contribution in [3.63, 3.8) is 0 Å². The number of aliphatic hydroxyl groups is 1. The highest BCUT2D eigenvalue weighted by Gasteiger charge is 2.30.